The monoisotopic (exact) mass is 232 g/mol. The molecule has 2 heteroatoms. The lowest BCUT2D eigenvalue weighted by atomic mass is 10.0. The van der Waals surface area contributed by atoms with Gasteiger partial charge in [0.15, 0.2) is 0 Å². The first-order valence-electron chi connectivity index (χ1n) is 6.78. The van der Waals surface area contributed by atoms with E-state index in [1.807, 2.05) is 12.1 Å². The Morgan fingerprint density at radius 3 is 2.76 bits per heavy atom. The fourth-order valence-electron chi connectivity index (χ4n) is 2.72. The largest absolute Gasteiger partial charge is 0.397 e. The number of nitrogens with one attached hydrogen (secondary N) is 1. The zero-order valence-corrected chi connectivity index (χ0v) is 11.0. The minimum absolute atomic E-state index is 0.600. The van der Waals surface area contributed by atoms with Gasteiger partial charge in [0.05, 0.1) is 11.4 Å². The van der Waals surface area contributed by atoms with Crippen LogP contribution in [0.5, 0.6) is 0 Å². The molecule has 17 heavy (non-hydrogen) atoms. The average molecular weight is 232 g/mol. The molecule has 0 spiro atoms. The maximum atomic E-state index is 6.04. The van der Waals surface area contributed by atoms with Gasteiger partial charge in [-0.15, -0.1) is 0 Å². The fraction of sp³-hybridized carbons (Fsp3) is 0.600. The highest BCUT2D eigenvalue weighted by Gasteiger charge is 2.17. The molecule has 0 aromatic heterocycles. The Morgan fingerprint density at radius 2 is 2.00 bits per heavy atom. The lowest BCUT2D eigenvalue weighted by Gasteiger charge is -2.20. The standard InChI is InChI=1S/C15H24N2/c1-11-5-3-7-13(10-9-11)17-15-12(2)6-4-8-14(15)16/h4,6,8,11,13,17H,3,5,7,9-10,16H2,1-2H3. The van der Waals surface area contributed by atoms with Crippen LogP contribution in [0.15, 0.2) is 18.2 Å². The number of hydrogen-bond donors (Lipinski definition) is 2. The molecule has 0 bridgehead atoms. The van der Waals surface area contributed by atoms with Gasteiger partial charge in [-0.25, -0.2) is 0 Å². The maximum Gasteiger partial charge on any atom is 0.0605 e. The molecule has 0 saturated heterocycles. The topological polar surface area (TPSA) is 38.0 Å². The summed E-state index contributed by atoms with van der Waals surface area (Å²) in [6, 6.07) is 6.72. The van der Waals surface area contributed by atoms with Crippen molar-refractivity contribution in [2.45, 2.75) is 52.0 Å². The van der Waals surface area contributed by atoms with Gasteiger partial charge in [-0.2, -0.15) is 0 Å². The molecular weight excluding hydrogens is 208 g/mol. The summed E-state index contributed by atoms with van der Waals surface area (Å²) in [5, 5.41) is 3.65. The predicted molar refractivity (Wildman–Crippen MR) is 75.3 cm³/mol. The molecule has 3 N–H and O–H groups in total. The van der Waals surface area contributed by atoms with Gasteiger partial charge in [-0.05, 0) is 43.7 Å². The lowest BCUT2D eigenvalue weighted by Crippen LogP contribution is -2.19. The first-order chi connectivity index (χ1) is 8.16. The van der Waals surface area contributed by atoms with Gasteiger partial charge in [0, 0.05) is 6.04 Å². The third-order valence-corrected chi connectivity index (χ3v) is 3.91. The number of anilines is 2. The van der Waals surface area contributed by atoms with Crippen LogP contribution < -0.4 is 11.1 Å². The van der Waals surface area contributed by atoms with E-state index in [1.165, 1.54) is 37.7 Å². The van der Waals surface area contributed by atoms with E-state index in [0.717, 1.165) is 17.3 Å². The summed E-state index contributed by atoms with van der Waals surface area (Å²) >= 11 is 0. The highest BCUT2D eigenvalue weighted by atomic mass is 14.9. The van der Waals surface area contributed by atoms with Crippen molar-refractivity contribution in [1.82, 2.24) is 0 Å². The van der Waals surface area contributed by atoms with Gasteiger partial charge in [0.2, 0.25) is 0 Å². The molecule has 1 aliphatic rings. The highest BCUT2D eigenvalue weighted by molar-refractivity contribution is 5.70. The molecule has 94 valence electrons. The summed E-state index contributed by atoms with van der Waals surface area (Å²) in [5.74, 6) is 0.885. The van der Waals surface area contributed by atoms with Crippen LogP contribution >= 0.6 is 0 Å². The molecular formula is C15H24N2. The summed E-state index contributed by atoms with van der Waals surface area (Å²) in [6.07, 6.45) is 6.60. The zero-order chi connectivity index (χ0) is 12.3. The number of para-hydroxylation sites is 1. The van der Waals surface area contributed by atoms with Crippen LogP contribution in [-0.2, 0) is 0 Å². The molecule has 1 aromatic carbocycles. The molecule has 1 saturated carbocycles. The number of nitrogens with two attached hydrogens (primary N) is 1. The third-order valence-electron chi connectivity index (χ3n) is 3.91. The summed E-state index contributed by atoms with van der Waals surface area (Å²) < 4.78 is 0. The molecule has 2 unspecified atom stereocenters. The Morgan fingerprint density at radius 1 is 1.18 bits per heavy atom. The van der Waals surface area contributed by atoms with Crippen LogP contribution in [0.4, 0.5) is 11.4 Å². The van der Waals surface area contributed by atoms with Crippen molar-refractivity contribution in [1.29, 1.82) is 0 Å². The van der Waals surface area contributed by atoms with E-state index >= 15 is 0 Å². The first-order valence-corrected chi connectivity index (χ1v) is 6.78. The Kier molecular flexibility index (Phi) is 3.93. The molecule has 2 nitrogen and oxygen atoms in total. The molecule has 0 aliphatic heterocycles. The summed E-state index contributed by atoms with van der Waals surface area (Å²) in [7, 11) is 0. The fourth-order valence-corrected chi connectivity index (χ4v) is 2.72. The van der Waals surface area contributed by atoms with Crippen molar-refractivity contribution in [3.05, 3.63) is 23.8 Å². The van der Waals surface area contributed by atoms with E-state index in [1.54, 1.807) is 0 Å². The Bertz CT molecular complexity index is 353. The molecule has 1 aliphatic carbocycles. The highest BCUT2D eigenvalue weighted by Crippen LogP contribution is 2.28. The Hall–Kier alpha value is -1.18. The number of benzene rings is 1. The second-order valence-corrected chi connectivity index (χ2v) is 5.49. The quantitative estimate of drug-likeness (QED) is 0.598. The Balaban J connectivity index is 2.05. The summed E-state index contributed by atoms with van der Waals surface area (Å²) in [5.41, 5.74) is 9.32. The van der Waals surface area contributed by atoms with E-state index in [2.05, 4.69) is 25.2 Å². The number of rotatable bonds is 2. The van der Waals surface area contributed by atoms with Crippen molar-refractivity contribution in [2.24, 2.45) is 5.92 Å². The SMILES string of the molecule is Cc1cccc(N)c1NC1CCCC(C)CC1. The van der Waals surface area contributed by atoms with E-state index in [0.29, 0.717) is 6.04 Å². The van der Waals surface area contributed by atoms with Crippen molar-refractivity contribution in [3.8, 4) is 0 Å². The minimum atomic E-state index is 0.600. The van der Waals surface area contributed by atoms with E-state index in [4.69, 9.17) is 5.73 Å². The van der Waals surface area contributed by atoms with Gasteiger partial charge in [-0.3, -0.25) is 0 Å². The molecule has 0 radical (unpaired) electrons. The number of hydrogen-bond acceptors (Lipinski definition) is 2. The van der Waals surface area contributed by atoms with Gasteiger partial charge >= 0.3 is 0 Å². The molecule has 0 amide bonds. The molecule has 0 heterocycles. The van der Waals surface area contributed by atoms with Gasteiger partial charge in [-0.1, -0.05) is 31.9 Å². The van der Waals surface area contributed by atoms with Crippen LogP contribution in [0.2, 0.25) is 0 Å². The molecule has 2 rings (SSSR count). The second kappa shape index (κ2) is 5.44. The third kappa shape index (κ3) is 3.15. The zero-order valence-electron chi connectivity index (χ0n) is 11.0. The van der Waals surface area contributed by atoms with E-state index < -0.39 is 0 Å². The van der Waals surface area contributed by atoms with Crippen LogP contribution in [0.1, 0.15) is 44.6 Å². The first kappa shape index (κ1) is 12.3. The summed E-state index contributed by atoms with van der Waals surface area (Å²) in [6.45, 7) is 4.49. The van der Waals surface area contributed by atoms with Gasteiger partial charge < -0.3 is 11.1 Å². The minimum Gasteiger partial charge on any atom is -0.397 e. The molecule has 1 fully saturated rings. The maximum absolute atomic E-state index is 6.04. The van der Waals surface area contributed by atoms with Crippen molar-refractivity contribution < 1.29 is 0 Å². The average Bonchev–Trinajstić information content (AvgIpc) is 2.49. The van der Waals surface area contributed by atoms with Gasteiger partial charge in [0.25, 0.3) is 0 Å². The normalized spacial score (nSPS) is 25.3. The lowest BCUT2D eigenvalue weighted by molar-refractivity contribution is 0.502. The van der Waals surface area contributed by atoms with Crippen LogP contribution in [-0.4, -0.2) is 6.04 Å². The van der Waals surface area contributed by atoms with E-state index in [9.17, 15) is 0 Å². The number of nitrogen functional groups attached to an aromatic ring is 1. The van der Waals surface area contributed by atoms with E-state index in [-0.39, 0.29) is 0 Å². The smallest absolute Gasteiger partial charge is 0.0605 e. The van der Waals surface area contributed by atoms with Crippen molar-refractivity contribution in [2.75, 3.05) is 11.1 Å². The Labute approximate surface area is 105 Å². The summed E-state index contributed by atoms with van der Waals surface area (Å²) in [4.78, 5) is 0. The number of aryl methyl sites for hydroxylation is 1. The van der Waals surface area contributed by atoms with Crippen molar-refractivity contribution in [3.63, 3.8) is 0 Å². The van der Waals surface area contributed by atoms with Crippen LogP contribution in [0, 0.1) is 12.8 Å². The van der Waals surface area contributed by atoms with Gasteiger partial charge in [0.1, 0.15) is 0 Å². The van der Waals surface area contributed by atoms with Crippen molar-refractivity contribution >= 4 is 11.4 Å². The molecule has 2 atom stereocenters. The van der Waals surface area contributed by atoms with Crippen LogP contribution in [0.3, 0.4) is 0 Å². The molecule has 1 aromatic rings. The second-order valence-electron chi connectivity index (χ2n) is 5.49. The predicted octanol–water partition coefficient (Wildman–Crippen LogP) is 3.96. The van der Waals surface area contributed by atoms with Crippen LogP contribution in [0.25, 0.3) is 0 Å².